The molecule has 1 N–H and O–H groups in total. The van der Waals surface area contributed by atoms with Crippen molar-refractivity contribution in [2.75, 3.05) is 19.5 Å². The highest BCUT2D eigenvalue weighted by molar-refractivity contribution is 5.92. The average molecular weight is 320 g/mol. The summed E-state index contributed by atoms with van der Waals surface area (Å²) >= 11 is 0. The first-order valence-electron chi connectivity index (χ1n) is 6.65. The molecular formula is C14H16N4O5. The minimum absolute atomic E-state index is 0.153. The van der Waals surface area contributed by atoms with Crippen molar-refractivity contribution in [3.63, 3.8) is 0 Å². The number of nitrogens with one attached hydrogen (secondary N) is 1. The molecule has 0 atom stereocenters. The second-order valence-electron chi connectivity index (χ2n) is 4.67. The lowest BCUT2D eigenvalue weighted by Crippen LogP contribution is -2.20. The Morgan fingerprint density at radius 2 is 2.09 bits per heavy atom. The number of hydrogen-bond acceptors (Lipinski definition) is 6. The van der Waals surface area contributed by atoms with Gasteiger partial charge in [-0.2, -0.15) is 4.68 Å². The predicted octanol–water partition coefficient (Wildman–Crippen LogP) is 1.76. The molecule has 9 nitrogen and oxygen atoms in total. The summed E-state index contributed by atoms with van der Waals surface area (Å²) < 4.78 is 11.5. The molecule has 2 aromatic rings. The van der Waals surface area contributed by atoms with Gasteiger partial charge in [-0.1, -0.05) is 0 Å². The predicted molar refractivity (Wildman–Crippen MR) is 81.8 cm³/mol. The zero-order valence-corrected chi connectivity index (χ0v) is 12.9. The third-order valence-electron chi connectivity index (χ3n) is 3.13. The number of benzene rings is 1. The van der Waals surface area contributed by atoms with Gasteiger partial charge in [0.25, 0.3) is 0 Å². The highest BCUT2D eigenvalue weighted by Gasteiger charge is 2.18. The van der Waals surface area contributed by atoms with E-state index in [0.29, 0.717) is 22.9 Å². The highest BCUT2D eigenvalue weighted by Crippen LogP contribution is 2.28. The number of anilines is 1. The molecule has 1 amide bonds. The Morgan fingerprint density at radius 1 is 1.35 bits per heavy atom. The first-order valence-corrected chi connectivity index (χ1v) is 6.65. The van der Waals surface area contributed by atoms with Gasteiger partial charge in [-0.05, 0) is 24.0 Å². The quantitative estimate of drug-likeness (QED) is 0.641. The summed E-state index contributed by atoms with van der Waals surface area (Å²) in [6.45, 7) is 1.49. The fourth-order valence-corrected chi connectivity index (χ4v) is 1.98. The van der Waals surface area contributed by atoms with Crippen LogP contribution in [0.15, 0.2) is 24.3 Å². The molecule has 0 saturated heterocycles. The average Bonchev–Trinajstić information content (AvgIpc) is 2.88. The number of rotatable bonds is 6. The van der Waals surface area contributed by atoms with Crippen molar-refractivity contribution in [1.82, 2.24) is 9.78 Å². The summed E-state index contributed by atoms with van der Waals surface area (Å²) in [6, 6.07) is 6.29. The summed E-state index contributed by atoms with van der Waals surface area (Å²) in [4.78, 5) is 22.2. The molecule has 0 unspecified atom stereocenters. The normalized spacial score (nSPS) is 10.2. The Labute approximate surface area is 132 Å². The van der Waals surface area contributed by atoms with Gasteiger partial charge in [-0.25, -0.2) is 0 Å². The number of carbonyl (C=O) groups excluding carboxylic acids is 1. The molecule has 0 saturated carbocycles. The summed E-state index contributed by atoms with van der Waals surface area (Å²) in [5, 5.41) is 17.1. The van der Waals surface area contributed by atoms with Crippen LogP contribution in [0, 0.1) is 17.0 Å². The number of ether oxygens (including phenoxy) is 2. The zero-order chi connectivity index (χ0) is 17.0. The summed E-state index contributed by atoms with van der Waals surface area (Å²) in [6.07, 6.45) is 0. The van der Waals surface area contributed by atoms with Gasteiger partial charge in [0.2, 0.25) is 5.91 Å². The van der Waals surface area contributed by atoms with E-state index in [1.807, 2.05) is 0 Å². The first-order chi connectivity index (χ1) is 10.9. The Kier molecular flexibility index (Phi) is 4.79. The van der Waals surface area contributed by atoms with Crippen LogP contribution in [-0.4, -0.2) is 34.8 Å². The molecule has 122 valence electrons. The first kappa shape index (κ1) is 16.3. The second kappa shape index (κ2) is 6.77. The lowest BCUT2D eigenvalue weighted by molar-refractivity contribution is -0.389. The molecule has 0 aliphatic carbocycles. The van der Waals surface area contributed by atoms with Gasteiger partial charge < -0.3 is 24.9 Å². The van der Waals surface area contributed by atoms with E-state index in [2.05, 4.69) is 10.4 Å². The minimum atomic E-state index is -0.605. The molecule has 2 rings (SSSR count). The van der Waals surface area contributed by atoms with Gasteiger partial charge in [0.15, 0.2) is 0 Å². The van der Waals surface area contributed by atoms with Gasteiger partial charge in [-0.15, -0.1) is 0 Å². The van der Waals surface area contributed by atoms with Crippen molar-refractivity contribution < 1.29 is 19.2 Å². The van der Waals surface area contributed by atoms with Crippen molar-refractivity contribution >= 4 is 17.4 Å². The minimum Gasteiger partial charge on any atom is -0.497 e. The van der Waals surface area contributed by atoms with Gasteiger partial charge in [0, 0.05) is 6.07 Å². The van der Waals surface area contributed by atoms with Gasteiger partial charge in [0.05, 0.1) is 36.8 Å². The van der Waals surface area contributed by atoms with E-state index in [1.165, 1.54) is 25.0 Å². The number of carbonyl (C=O) groups is 1. The van der Waals surface area contributed by atoms with E-state index in [4.69, 9.17) is 9.47 Å². The Balaban J connectivity index is 2.15. The molecule has 0 fully saturated rings. The van der Waals surface area contributed by atoms with Crippen molar-refractivity contribution in [1.29, 1.82) is 0 Å². The standard InChI is InChI=1S/C14H16N4O5/c1-9-6-13(18(20)21)16-17(9)8-14(19)15-11-7-10(22-2)4-5-12(11)23-3/h4-7H,8H2,1-3H3,(H,15,19). The van der Waals surface area contributed by atoms with Crippen LogP contribution < -0.4 is 14.8 Å². The third-order valence-corrected chi connectivity index (χ3v) is 3.13. The van der Waals surface area contributed by atoms with Gasteiger partial charge in [0.1, 0.15) is 18.0 Å². The molecule has 23 heavy (non-hydrogen) atoms. The van der Waals surface area contributed by atoms with Crippen LogP contribution in [0.1, 0.15) is 5.69 Å². The molecule has 9 heteroatoms. The van der Waals surface area contributed by atoms with Crippen LogP contribution >= 0.6 is 0 Å². The molecule has 1 heterocycles. The van der Waals surface area contributed by atoms with E-state index in [0.717, 1.165) is 0 Å². The van der Waals surface area contributed by atoms with Crippen LogP contribution in [0.4, 0.5) is 11.5 Å². The molecule has 0 aliphatic heterocycles. The van der Waals surface area contributed by atoms with E-state index in [1.54, 1.807) is 25.1 Å². The maximum Gasteiger partial charge on any atom is 0.390 e. The number of aromatic nitrogens is 2. The summed E-state index contributed by atoms with van der Waals surface area (Å²) in [7, 11) is 3.00. The topological polar surface area (TPSA) is 109 Å². The van der Waals surface area contributed by atoms with Gasteiger partial charge in [-0.3, -0.25) is 4.79 Å². The maximum absolute atomic E-state index is 12.1. The number of hydrogen-bond donors (Lipinski definition) is 1. The lowest BCUT2D eigenvalue weighted by Gasteiger charge is -2.11. The number of nitro groups is 1. The molecule has 0 aliphatic rings. The van der Waals surface area contributed by atoms with Crippen molar-refractivity contribution in [3.8, 4) is 11.5 Å². The highest BCUT2D eigenvalue weighted by atomic mass is 16.6. The molecule has 0 bridgehead atoms. The Morgan fingerprint density at radius 3 is 2.65 bits per heavy atom. The summed E-state index contributed by atoms with van der Waals surface area (Å²) in [5.74, 6) is 0.348. The number of aryl methyl sites for hydroxylation is 1. The smallest absolute Gasteiger partial charge is 0.390 e. The second-order valence-corrected chi connectivity index (χ2v) is 4.67. The molecule has 0 spiro atoms. The summed E-state index contributed by atoms with van der Waals surface area (Å²) in [5.41, 5.74) is 0.959. The lowest BCUT2D eigenvalue weighted by atomic mass is 10.2. The Bertz CT molecular complexity index is 741. The number of nitrogens with zero attached hydrogens (tertiary/aromatic N) is 3. The van der Waals surface area contributed by atoms with Crippen molar-refractivity contribution in [2.45, 2.75) is 13.5 Å². The van der Waals surface area contributed by atoms with Crippen LogP contribution in [0.2, 0.25) is 0 Å². The van der Waals surface area contributed by atoms with Gasteiger partial charge >= 0.3 is 5.82 Å². The van der Waals surface area contributed by atoms with Crippen LogP contribution in [0.5, 0.6) is 11.5 Å². The van der Waals surface area contributed by atoms with E-state index in [-0.39, 0.29) is 12.4 Å². The maximum atomic E-state index is 12.1. The van der Waals surface area contributed by atoms with E-state index >= 15 is 0 Å². The van der Waals surface area contributed by atoms with Crippen LogP contribution in [0.25, 0.3) is 0 Å². The van der Waals surface area contributed by atoms with Crippen LogP contribution in [-0.2, 0) is 11.3 Å². The van der Waals surface area contributed by atoms with Crippen molar-refractivity contribution in [2.24, 2.45) is 0 Å². The fraction of sp³-hybridized carbons (Fsp3) is 0.286. The SMILES string of the molecule is COc1ccc(OC)c(NC(=O)Cn2nc([N+](=O)[O-])cc2C)c1. The van der Waals surface area contributed by atoms with E-state index < -0.39 is 10.8 Å². The third kappa shape index (κ3) is 3.76. The largest absolute Gasteiger partial charge is 0.497 e. The Hall–Kier alpha value is -3.10. The molecular weight excluding hydrogens is 304 g/mol. The number of amides is 1. The molecule has 0 radical (unpaired) electrons. The fourth-order valence-electron chi connectivity index (χ4n) is 1.98. The monoisotopic (exact) mass is 320 g/mol. The van der Waals surface area contributed by atoms with E-state index in [9.17, 15) is 14.9 Å². The zero-order valence-electron chi connectivity index (χ0n) is 12.9. The molecule has 1 aromatic heterocycles. The number of methoxy groups -OCH3 is 2. The van der Waals surface area contributed by atoms with Crippen molar-refractivity contribution in [3.05, 3.63) is 40.1 Å². The molecule has 1 aromatic carbocycles. The van der Waals surface area contributed by atoms with Crippen LogP contribution in [0.3, 0.4) is 0 Å².